The maximum Gasteiger partial charge on any atom is 0.127 e. The summed E-state index contributed by atoms with van der Waals surface area (Å²) in [5.41, 5.74) is 1.97. The molecule has 3 rings (SSSR count). The number of benzene rings is 2. The molecule has 1 atom stereocenters. The average molecular weight is 333 g/mol. The minimum atomic E-state index is -0.149. The van der Waals surface area contributed by atoms with Crippen molar-refractivity contribution >= 4 is 11.6 Å². The number of rotatable bonds is 6. The van der Waals surface area contributed by atoms with Gasteiger partial charge in [-0.3, -0.25) is 4.90 Å². The first-order valence-corrected chi connectivity index (χ1v) is 8.55. The first kappa shape index (κ1) is 16.4. The standard InChI is InChI=1S/C19H22ClFN2/c20-17-9-7-15(8-10-17)19(23-11-3-4-12-23)14-22-13-16-5-1-2-6-18(16)21/h1-2,5-10,19,22H,3-4,11-14H2. The van der Waals surface area contributed by atoms with E-state index in [1.54, 1.807) is 6.07 Å². The largest absolute Gasteiger partial charge is 0.311 e. The van der Waals surface area contributed by atoms with Crippen LogP contribution >= 0.6 is 11.6 Å². The Morgan fingerprint density at radius 1 is 1.04 bits per heavy atom. The van der Waals surface area contributed by atoms with Gasteiger partial charge < -0.3 is 5.32 Å². The van der Waals surface area contributed by atoms with Gasteiger partial charge in [-0.2, -0.15) is 0 Å². The first-order valence-electron chi connectivity index (χ1n) is 8.17. The van der Waals surface area contributed by atoms with Crippen molar-refractivity contribution < 1.29 is 4.39 Å². The van der Waals surface area contributed by atoms with Gasteiger partial charge in [0, 0.05) is 29.7 Å². The van der Waals surface area contributed by atoms with Crippen LogP contribution in [0.15, 0.2) is 48.5 Å². The van der Waals surface area contributed by atoms with Crippen LogP contribution < -0.4 is 5.32 Å². The molecule has 2 aromatic carbocycles. The van der Waals surface area contributed by atoms with Crippen LogP contribution in [0.4, 0.5) is 4.39 Å². The van der Waals surface area contributed by atoms with Gasteiger partial charge in [0.05, 0.1) is 0 Å². The monoisotopic (exact) mass is 332 g/mol. The van der Waals surface area contributed by atoms with Crippen LogP contribution in [0.3, 0.4) is 0 Å². The highest BCUT2D eigenvalue weighted by Gasteiger charge is 2.23. The van der Waals surface area contributed by atoms with Crippen LogP contribution in [-0.2, 0) is 6.54 Å². The maximum atomic E-state index is 13.7. The molecule has 23 heavy (non-hydrogen) atoms. The summed E-state index contributed by atoms with van der Waals surface area (Å²) in [6.07, 6.45) is 2.49. The molecule has 1 aliphatic rings. The number of nitrogens with zero attached hydrogens (tertiary/aromatic N) is 1. The second-order valence-corrected chi connectivity index (χ2v) is 6.47. The highest BCUT2D eigenvalue weighted by molar-refractivity contribution is 6.30. The highest BCUT2D eigenvalue weighted by Crippen LogP contribution is 2.25. The average Bonchev–Trinajstić information content (AvgIpc) is 3.08. The van der Waals surface area contributed by atoms with Crippen LogP contribution in [-0.4, -0.2) is 24.5 Å². The van der Waals surface area contributed by atoms with Gasteiger partial charge >= 0.3 is 0 Å². The predicted molar refractivity (Wildman–Crippen MR) is 93.1 cm³/mol. The summed E-state index contributed by atoms with van der Waals surface area (Å²) >= 11 is 6.01. The second kappa shape index (κ2) is 7.91. The van der Waals surface area contributed by atoms with Gasteiger partial charge in [-0.05, 0) is 49.7 Å². The van der Waals surface area contributed by atoms with Crippen LogP contribution in [0.2, 0.25) is 5.02 Å². The Labute approximate surface area is 142 Å². The SMILES string of the molecule is Fc1ccccc1CNCC(c1ccc(Cl)cc1)N1CCCC1. The second-order valence-electron chi connectivity index (χ2n) is 6.03. The topological polar surface area (TPSA) is 15.3 Å². The Kier molecular flexibility index (Phi) is 5.65. The van der Waals surface area contributed by atoms with E-state index in [0.29, 0.717) is 18.2 Å². The normalized spacial score (nSPS) is 16.6. The minimum Gasteiger partial charge on any atom is -0.311 e. The summed E-state index contributed by atoms with van der Waals surface area (Å²) in [6, 6.07) is 15.3. The molecule has 0 aliphatic carbocycles. The van der Waals surface area contributed by atoms with Crippen molar-refractivity contribution in [3.05, 3.63) is 70.5 Å². The van der Waals surface area contributed by atoms with E-state index in [0.717, 1.165) is 24.7 Å². The fraction of sp³-hybridized carbons (Fsp3) is 0.368. The molecule has 4 heteroatoms. The zero-order chi connectivity index (χ0) is 16.1. The van der Waals surface area contributed by atoms with E-state index in [-0.39, 0.29) is 5.82 Å². The Hall–Kier alpha value is -1.42. The smallest absolute Gasteiger partial charge is 0.127 e. The van der Waals surface area contributed by atoms with E-state index in [1.807, 2.05) is 24.3 Å². The van der Waals surface area contributed by atoms with E-state index in [2.05, 4.69) is 22.3 Å². The van der Waals surface area contributed by atoms with Gasteiger partial charge in [0.1, 0.15) is 5.82 Å². The van der Waals surface area contributed by atoms with Crippen molar-refractivity contribution in [2.24, 2.45) is 0 Å². The molecule has 1 saturated heterocycles. The van der Waals surface area contributed by atoms with Gasteiger partial charge in [0.2, 0.25) is 0 Å². The van der Waals surface area contributed by atoms with Crippen molar-refractivity contribution in [2.45, 2.75) is 25.4 Å². The Morgan fingerprint density at radius 3 is 2.43 bits per heavy atom. The fourth-order valence-electron chi connectivity index (χ4n) is 3.18. The molecular weight excluding hydrogens is 311 g/mol. The quantitative estimate of drug-likeness (QED) is 0.843. The van der Waals surface area contributed by atoms with Crippen molar-refractivity contribution in [1.29, 1.82) is 0 Å². The summed E-state index contributed by atoms with van der Waals surface area (Å²) in [5.74, 6) is -0.149. The van der Waals surface area contributed by atoms with Gasteiger partial charge in [-0.25, -0.2) is 4.39 Å². The van der Waals surface area contributed by atoms with E-state index in [1.165, 1.54) is 24.5 Å². The van der Waals surface area contributed by atoms with Gasteiger partial charge in [0.15, 0.2) is 0 Å². The van der Waals surface area contributed by atoms with Crippen LogP contribution in [0.5, 0.6) is 0 Å². The molecule has 0 saturated carbocycles. The van der Waals surface area contributed by atoms with E-state index < -0.39 is 0 Å². The molecule has 1 aliphatic heterocycles. The van der Waals surface area contributed by atoms with E-state index in [9.17, 15) is 4.39 Å². The lowest BCUT2D eigenvalue weighted by molar-refractivity contribution is 0.238. The molecule has 0 bridgehead atoms. The Balaban J connectivity index is 1.66. The Bertz CT molecular complexity index is 624. The van der Waals surface area contributed by atoms with Crippen molar-refractivity contribution in [3.63, 3.8) is 0 Å². The number of hydrogen-bond donors (Lipinski definition) is 1. The summed E-state index contributed by atoms with van der Waals surface area (Å²) in [5, 5.41) is 4.18. The lowest BCUT2D eigenvalue weighted by atomic mass is 10.1. The zero-order valence-corrected chi connectivity index (χ0v) is 13.9. The van der Waals surface area contributed by atoms with Crippen LogP contribution in [0.1, 0.15) is 30.0 Å². The number of hydrogen-bond acceptors (Lipinski definition) is 2. The van der Waals surface area contributed by atoms with Crippen LogP contribution in [0.25, 0.3) is 0 Å². The predicted octanol–water partition coefficient (Wildman–Crippen LogP) is 4.41. The molecule has 0 radical (unpaired) electrons. The summed E-state index contributed by atoms with van der Waals surface area (Å²) in [4.78, 5) is 2.50. The maximum absolute atomic E-state index is 13.7. The lowest BCUT2D eigenvalue weighted by Gasteiger charge is -2.28. The molecule has 122 valence electrons. The molecule has 0 aromatic heterocycles. The molecule has 0 amide bonds. The van der Waals surface area contributed by atoms with Crippen molar-refractivity contribution in [2.75, 3.05) is 19.6 Å². The molecule has 1 fully saturated rings. The van der Waals surface area contributed by atoms with E-state index >= 15 is 0 Å². The number of nitrogens with one attached hydrogen (secondary N) is 1. The number of likely N-dealkylation sites (tertiary alicyclic amines) is 1. The van der Waals surface area contributed by atoms with Gasteiger partial charge in [-0.15, -0.1) is 0 Å². The molecule has 1 unspecified atom stereocenters. The molecule has 1 heterocycles. The van der Waals surface area contributed by atoms with Gasteiger partial charge in [-0.1, -0.05) is 41.9 Å². The molecule has 1 N–H and O–H groups in total. The first-order chi connectivity index (χ1) is 11.2. The third-order valence-corrected chi connectivity index (χ3v) is 4.70. The van der Waals surface area contributed by atoms with Crippen LogP contribution in [0, 0.1) is 5.82 Å². The van der Waals surface area contributed by atoms with E-state index in [4.69, 9.17) is 11.6 Å². The summed E-state index contributed by atoms with van der Waals surface area (Å²) in [6.45, 7) is 3.59. The Morgan fingerprint density at radius 2 is 1.74 bits per heavy atom. The minimum absolute atomic E-state index is 0.149. The third-order valence-electron chi connectivity index (χ3n) is 4.45. The lowest BCUT2D eigenvalue weighted by Crippen LogP contribution is -2.34. The highest BCUT2D eigenvalue weighted by atomic mass is 35.5. The molecule has 2 aromatic rings. The zero-order valence-electron chi connectivity index (χ0n) is 13.1. The van der Waals surface area contributed by atoms with Crippen molar-refractivity contribution in [3.8, 4) is 0 Å². The summed E-state index contributed by atoms with van der Waals surface area (Å²) < 4.78 is 13.7. The fourth-order valence-corrected chi connectivity index (χ4v) is 3.31. The van der Waals surface area contributed by atoms with Gasteiger partial charge in [0.25, 0.3) is 0 Å². The molecule has 2 nitrogen and oxygen atoms in total. The summed E-state index contributed by atoms with van der Waals surface area (Å²) in [7, 11) is 0. The number of halogens is 2. The van der Waals surface area contributed by atoms with Crippen molar-refractivity contribution in [1.82, 2.24) is 10.2 Å². The molecule has 0 spiro atoms. The third kappa shape index (κ3) is 4.31. The molecular formula is C19H22ClFN2.